The van der Waals surface area contributed by atoms with Crippen LogP contribution in [0, 0.1) is 34.5 Å². The third-order valence-electron chi connectivity index (χ3n) is 7.14. The molecule has 1 aromatic carbocycles. The van der Waals surface area contributed by atoms with Crippen molar-refractivity contribution in [1.29, 1.82) is 0 Å². The first-order chi connectivity index (χ1) is 11.0. The van der Waals surface area contributed by atoms with Gasteiger partial charge in [-0.1, -0.05) is 106 Å². The number of hydrogen-bond donors (Lipinski definition) is 0. The number of benzene rings is 1. The number of aryl methyl sites for hydroxylation is 1. The minimum absolute atomic E-state index is 0.225. The maximum atomic E-state index is 2.49. The van der Waals surface area contributed by atoms with Crippen molar-refractivity contribution in [2.45, 2.75) is 95.4 Å². The Bertz CT molecular complexity index is 547. The summed E-state index contributed by atoms with van der Waals surface area (Å²) in [4.78, 5) is 0. The van der Waals surface area contributed by atoms with Crippen molar-refractivity contribution in [3.63, 3.8) is 0 Å². The molecule has 0 bridgehead atoms. The molecule has 1 aromatic rings. The van der Waals surface area contributed by atoms with Crippen LogP contribution in [0.5, 0.6) is 0 Å². The molecule has 0 N–H and O–H groups in total. The van der Waals surface area contributed by atoms with Crippen LogP contribution in [0.1, 0.15) is 99.6 Å². The van der Waals surface area contributed by atoms with Gasteiger partial charge >= 0.3 is 0 Å². The fraction of sp³-hybridized carbons (Fsp3) is 0.760. The summed E-state index contributed by atoms with van der Waals surface area (Å²) >= 11 is 0. The van der Waals surface area contributed by atoms with Crippen LogP contribution in [0.4, 0.5) is 0 Å². The molecule has 0 saturated carbocycles. The van der Waals surface area contributed by atoms with Crippen molar-refractivity contribution in [3.05, 3.63) is 35.4 Å². The fourth-order valence-electron chi connectivity index (χ4n) is 5.13. The highest BCUT2D eigenvalue weighted by Crippen LogP contribution is 2.57. The van der Waals surface area contributed by atoms with E-state index in [1.165, 1.54) is 17.5 Å². The molecular formula is C25H44. The molecule has 144 valence electrons. The van der Waals surface area contributed by atoms with Crippen LogP contribution in [0.3, 0.4) is 0 Å². The van der Waals surface area contributed by atoms with E-state index >= 15 is 0 Å². The van der Waals surface area contributed by atoms with Crippen LogP contribution in [0.25, 0.3) is 0 Å². The summed E-state index contributed by atoms with van der Waals surface area (Å²) in [5.41, 5.74) is 3.87. The van der Waals surface area contributed by atoms with Crippen LogP contribution < -0.4 is 0 Å². The van der Waals surface area contributed by atoms with Crippen LogP contribution in [0.15, 0.2) is 24.3 Å². The Hall–Kier alpha value is -0.780. The molecular weight excluding hydrogens is 300 g/mol. The molecule has 0 radical (unpaired) electrons. The van der Waals surface area contributed by atoms with Crippen molar-refractivity contribution in [1.82, 2.24) is 0 Å². The van der Waals surface area contributed by atoms with E-state index in [4.69, 9.17) is 0 Å². The van der Waals surface area contributed by atoms with Gasteiger partial charge in [0.2, 0.25) is 0 Å². The molecule has 0 spiro atoms. The quantitative estimate of drug-likeness (QED) is 0.487. The molecule has 25 heavy (non-hydrogen) atoms. The van der Waals surface area contributed by atoms with Gasteiger partial charge in [-0.05, 0) is 52.4 Å². The van der Waals surface area contributed by atoms with E-state index in [1.54, 1.807) is 0 Å². The first kappa shape index (κ1) is 22.3. The molecule has 0 nitrogen and oxygen atoms in total. The summed E-state index contributed by atoms with van der Waals surface area (Å²) in [6, 6.07) is 9.25. The van der Waals surface area contributed by atoms with Gasteiger partial charge in [0.1, 0.15) is 0 Å². The van der Waals surface area contributed by atoms with E-state index in [-0.39, 0.29) is 16.2 Å². The predicted molar refractivity (Wildman–Crippen MR) is 114 cm³/mol. The second-order valence-corrected chi connectivity index (χ2v) is 11.6. The van der Waals surface area contributed by atoms with E-state index < -0.39 is 0 Å². The lowest BCUT2D eigenvalue weighted by Crippen LogP contribution is -2.43. The normalized spacial score (nSPS) is 15.6. The largest absolute Gasteiger partial charge is 0.0622 e. The van der Waals surface area contributed by atoms with Crippen LogP contribution in [-0.2, 0) is 0 Å². The number of hydrogen-bond acceptors (Lipinski definition) is 0. The van der Waals surface area contributed by atoms with Crippen molar-refractivity contribution >= 4 is 0 Å². The minimum Gasteiger partial charge on any atom is -0.0622 e. The maximum Gasteiger partial charge on any atom is -0.00617 e. The Kier molecular flexibility index (Phi) is 6.31. The molecule has 0 aromatic heterocycles. The highest BCUT2D eigenvalue weighted by Gasteiger charge is 2.47. The molecule has 0 aliphatic carbocycles. The molecule has 0 fully saturated rings. The molecule has 0 saturated heterocycles. The van der Waals surface area contributed by atoms with Crippen LogP contribution >= 0.6 is 0 Å². The predicted octanol–water partition coefficient (Wildman–Crippen LogP) is 8.25. The average molecular weight is 345 g/mol. The standard InChI is InChI=1S/C25H44/c1-18(2)25(11,12)24(9,10)17-23(7,8)21(22(4,5)6)20-15-13-19(3)14-16-20/h13-16,18,21H,17H2,1-12H3. The van der Waals surface area contributed by atoms with E-state index in [0.717, 1.165) is 0 Å². The van der Waals surface area contributed by atoms with E-state index in [0.29, 0.717) is 17.3 Å². The molecule has 1 atom stereocenters. The molecule has 0 heterocycles. The fourth-order valence-corrected chi connectivity index (χ4v) is 5.13. The molecule has 0 aliphatic heterocycles. The first-order valence-electron chi connectivity index (χ1n) is 10.1. The molecule has 0 aliphatic rings. The van der Waals surface area contributed by atoms with Gasteiger partial charge in [-0.2, -0.15) is 0 Å². The Morgan fingerprint density at radius 1 is 0.760 bits per heavy atom. The summed E-state index contributed by atoms with van der Waals surface area (Å²) in [7, 11) is 0. The Labute approximate surface area is 158 Å². The van der Waals surface area contributed by atoms with Crippen molar-refractivity contribution in [2.75, 3.05) is 0 Å². The third kappa shape index (κ3) is 4.89. The summed E-state index contributed by atoms with van der Waals surface area (Å²) in [5.74, 6) is 1.20. The topological polar surface area (TPSA) is 0 Å². The Balaban J connectivity index is 3.32. The number of rotatable bonds is 6. The van der Waals surface area contributed by atoms with E-state index in [9.17, 15) is 0 Å². The smallest absolute Gasteiger partial charge is 0.00617 e. The van der Waals surface area contributed by atoms with Gasteiger partial charge in [-0.15, -0.1) is 0 Å². The lowest BCUT2D eigenvalue weighted by atomic mass is 9.52. The second kappa shape index (κ2) is 7.09. The average Bonchev–Trinajstić information content (AvgIpc) is 2.37. The van der Waals surface area contributed by atoms with Crippen LogP contribution in [-0.4, -0.2) is 0 Å². The zero-order valence-corrected chi connectivity index (χ0v) is 19.2. The van der Waals surface area contributed by atoms with Gasteiger partial charge in [0.25, 0.3) is 0 Å². The van der Waals surface area contributed by atoms with Gasteiger partial charge in [-0.25, -0.2) is 0 Å². The Morgan fingerprint density at radius 2 is 1.20 bits per heavy atom. The lowest BCUT2D eigenvalue weighted by Gasteiger charge is -2.52. The SMILES string of the molecule is Cc1ccc(C(C(C)(C)C)C(C)(C)CC(C)(C)C(C)(C)C(C)C)cc1. The van der Waals surface area contributed by atoms with E-state index in [1.807, 2.05) is 0 Å². The highest BCUT2D eigenvalue weighted by molar-refractivity contribution is 5.28. The van der Waals surface area contributed by atoms with Gasteiger partial charge in [0.05, 0.1) is 0 Å². The maximum absolute atomic E-state index is 2.49. The van der Waals surface area contributed by atoms with Gasteiger partial charge in [0, 0.05) is 0 Å². The zero-order chi connectivity index (χ0) is 19.8. The van der Waals surface area contributed by atoms with Crippen LogP contribution in [0.2, 0.25) is 0 Å². The lowest BCUT2D eigenvalue weighted by molar-refractivity contribution is -0.00640. The summed E-state index contributed by atoms with van der Waals surface area (Å²) < 4.78 is 0. The van der Waals surface area contributed by atoms with Gasteiger partial charge < -0.3 is 0 Å². The highest BCUT2D eigenvalue weighted by atomic mass is 14.5. The summed E-state index contributed by atoms with van der Waals surface area (Å²) in [6.45, 7) is 29.0. The summed E-state index contributed by atoms with van der Waals surface area (Å²) in [6.07, 6.45) is 1.22. The molecule has 0 heteroatoms. The second-order valence-electron chi connectivity index (χ2n) is 11.6. The van der Waals surface area contributed by atoms with Crippen molar-refractivity contribution in [2.24, 2.45) is 27.6 Å². The van der Waals surface area contributed by atoms with Crippen molar-refractivity contribution < 1.29 is 0 Å². The van der Waals surface area contributed by atoms with E-state index in [2.05, 4.69) is 107 Å². The molecule has 1 unspecified atom stereocenters. The first-order valence-corrected chi connectivity index (χ1v) is 10.1. The van der Waals surface area contributed by atoms with Gasteiger partial charge in [0.15, 0.2) is 0 Å². The molecule has 1 rings (SSSR count). The third-order valence-corrected chi connectivity index (χ3v) is 7.14. The zero-order valence-electron chi connectivity index (χ0n) is 19.2. The minimum atomic E-state index is 0.225. The monoisotopic (exact) mass is 344 g/mol. The molecule has 0 amide bonds. The van der Waals surface area contributed by atoms with Crippen molar-refractivity contribution in [3.8, 4) is 0 Å². The van der Waals surface area contributed by atoms with Gasteiger partial charge in [-0.3, -0.25) is 0 Å². The Morgan fingerprint density at radius 3 is 1.56 bits per heavy atom. The summed E-state index contributed by atoms with van der Waals surface area (Å²) in [5, 5.41) is 0.